The van der Waals surface area contributed by atoms with Gasteiger partial charge in [-0.2, -0.15) is 0 Å². The van der Waals surface area contributed by atoms with Crippen molar-refractivity contribution in [1.82, 2.24) is 0 Å². The number of hydrogen-bond acceptors (Lipinski definition) is 2. The minimum atomic E-state index is -2.80. The maximum absolute atomic E-state index is 13.8. The topological polar surface area (TPSA) is 34.1 Å². The van der Waals surface area contributed by atoms with Gasteiger partial charge in [0.1, 0.15) is 12.9 Å². The average Bonchev–Trinajstić information content (AvgIpc) is 2.55. The van der Waals surface area contributed by atoms with Crippen LogP contribution in [-0.2, 0) is 9.36 Å². The van der Waals surface area contributed by atoms with E-state index in [-0.39, 0.29) is 11.4 Å². The van der Waals surface area contributed by atoms with Gasteiger partial charge >= 0.3 is 0 Å². The molecule has 0 saturated carbocycles. The van der Waals surface area contributed by atoms with Gasteiger partial charge in [0.25, 0.3) is 0 Å². The van der Waals surface area contributed by atoms with E-state index in [1.165, 1.54) is 0 Å². The Morgan fingerprint density at radius 3 is 1.76 bits per heavy atom. The van der Waals surface area contributed by atoms with Gasteiger partial charge in [-0.25, -0.2) is 0 Å². The first-order valence-electron chi connectivity index (χ1n) is 7.31. The highest BCUT2D eigenvalue weighted by Gasteiger charge is 2.34. The van der Waals surface area contributed by atoms with E-state index in [1.807, 2.05) is 74.5 Å². The summed E-state index contributed by atoms with van der Waals surface area (Å²) in [5.41, 5.74) is -0.185. The predicted octanol–water partition coefficient (Wildman–Crippen LogP) is 3.76. The Balaban J connectivity index is 2.50. The van der Waals surface area contributed by atoms with Gasteiger partial charge in [-0.15, -0.1) is 0 Å². The molecule has 1 atom stereocenters. The zero-order valence-corrected chi connectivity index (χ0v) is 13.4. The van der Waals surface area contributed by atoms with Crippen LogP contribution in [0.2, 0.25) is 0 Å². The lowest BCUT2D eigenvalue weighted by molar-refractivity contribution is -0.118. The van der Waals surface area contributed by atoms with Crippen LogP contribution in [0.5, 0.6) is 0 Å². The predicted molar refractivity (Wildman–Crippen MR) is 89.1 cm³/mol. The first-order chi connectivity index (χ1) is 10.1. The number of hydrogen-bond donors (Lipinski definition) is 0. The normalized spacial score (nSPS) is 12.9. The lowest BCUT2D eigenvalue weighted by atomic mass is 10.2. The van der Waals surface area contributed by atoms with Crippen molar-refractivity contribution < 1.29 is 9.36 Å². The van der Waals surface area contributed by atoms with E-state index in [0.29, 0.717) is 12.8 Å². The first-order valence-corrected chi connectivity index (χ1v) is 9.09. The molecular weight excluding hydrogens is 279 g/mol. The molecule has 2 aromatic rings. The van der Waals surface area contributed by atoms with Crippen molar-refractivity contribution in [2.45, 2.75) is 32.3 Å². The molecule has 0 aliphatic heterocycles. The van der Waals surface area contributed by atoms with Crippen LogP contribution in [0.25, 0.3) is 0 Å². The van der Waals surface area contributed by atoms with Crippen LogP contribution >= 0.6 is 7.14 Å². The fourth-order valence-corrected chi connectivity index (χ4v) is 5.57. The van der Waals surface area contributed by atoms with E-state index in [4.69, 9.17) is 0 Å². The SMILES string of the molecule is CCC(=O)CC(C)P(=O)(c1ccccc1)c1ccccc1. The lowest BCUT2D eigenvalue weighted by Crippen LogP contribution is -2.25. The lowest BCUT2D eigenvalue weighted by Gasteiger charge is -2.25. The number of ketones is 1. The number of rotatable bonds is 6. The van der Waals surface area contributed by atoms with Crippen molar-refractivity contribution in [2.75, 3.05) is 0 Å². The zero-order valence-electron chi connectivity index (χ0n) is 12.5. The van der Waals surface area contributed by atoms with Gasteiger partial charge in [0, 0.05) is 29.1 Å². The Morgan fingerprint density at radius 2 is 1.38 bits per heavy atom. The van der Waals surface area contributed by atoms with E-state index in [9.17, 15) is 9.36 Å². The van der Waals surface area contributed by atoms with Crippen LogP contribution in [0.3, 0.4) is 0 Å². The monoisotopic (exact) mass is 300 g/mol. The molecule has 3 heteroatoms. The Morgan fingerprint density at radius 1 is 0.952 bits per heavy atom. The summed E-state index contributed by atoms with van der Waals surface area (Å²) in [7, 11) is -2.80. The maximum atomic E-state index is 13.8. The minimum Gasteiger partial charge on any atom is -0.313 e. The minimum absolute atomic E-state index is 0.162. The third-order valence-electron chi connectivity index (χ3n) is 3.82. The summed E-state index contributed by atoms with van der Waals surface area (Å²) in [6.07, 6.45) is 0.853. The van der Waals surface area contributed by atoms with Crippen LogP contribution in [0.4, 0.5) is 0 Å². The van der Waals surface area contributed by atoms with E-state index >= 15 is 0 Å². The van der Waals surface area contributed by atoms with E-state index in [0.717, 1.165) is 10.6 Å². The molecule has 0 fully saturated rings. The second-order valence-electron chi connectivity index (χ2n) is 5.27. The molecule has 0 saturated heterocycles. The second kappa shape index (κ2) is 6.87. The van der Waals surface area contributed by atoms with Gasteiger partial charge in [0.2, 0.25) is 0 Å². The summed E-state index contributed by atoms with van der Waals surface area (Å²) < 4.78 is 13.8. The van der Waals surface area contributed by atoms with E-state index < -0.39 is 7.14 Å². The Bertz CT molecular complexity index is 591. The van der Waals surface area contributed by atoms with Crippen molar-refractivity contribution in [1.29, 1.82) is 0 Å². The fraction of sp³-hybridized carbons (Fsp3) is 0.278. The number of carbonyl (C=O) groups is 1. The van der Waals surface area contributed by atoms with Crippen molar-refractivity contribution in [3.05, 3.63) is 60.7 Å². The van der Waals surface area contributed by atoms with Crippen LogP contribution in [0.1, 0.15) is 26.7 Å². The second-order valence-corrected chi connectivity index (χ2v) is 8.50. The van der Waals surface area contributed by atoms with Crippen LogP contribution < -0.4 is 10.6 Å². The van der Waals surface area contributed by atoms with Gasteiger partial charge in [-0.05, 0) is 0 Å². The van der Waals surface area contributed by atoms with Crippen molar-refractivity contribution in [2.24, 2.45) is 0 Å². The zero-order chi connectivity index (χ0) is 15.3. The molecule has 2 nitrogen and oxygen atoms in total. The van der Waals surface area contributed by atoms with Gasteiger partial charge < -0.3 is 4.57 Å². The molecule has 21 heavy (non-hydrogen) atoms. The highest BCUT2D eigenvalue weighted by molar-refractivity contribution is 7.79. The molecule has 0 aromatic heterocycles. The number of benzene rings is 2. The summed E-state index contributed by atoms with van der Waals surface area (Å²) in [6, 6.07) is 19.1. The fourth-order valence-electron chi connectivity index (χ4n) is 2.56. The molecule has 0 aliphatic rings. The Labute approximate surface area is 126 Å². The summed E-state index contributed by atoms with van der Waals surface area (Å²) in [5.74, 6) is 0.162. The van der Waals surface area contributed by atoms with Gasteiger partial charge in [-0.3, -0.25) is 4.79 Å². The Hall–Kier alpha value is -1.66. The first kappa shape index (κ1) is 15.7. The smallest absolute Gasteiger partial charge is 0.146 e. The maximum Gasteiger partial charge on any atom is 0.146 e. The molecule has 2 aromatic carbocycles. The number of Topliss-reactive ketones (excluding diaryl/α,β-unsaturated/α-hetero) is 1. The Kier molecular flexibility index (Phi) is 5.14. The van der Waals surface area contributed by atoms with E-state index in [1.54, 1.807) is 0 Å². The molecule has 0 aliphatic carbocycles. The van der Waals surface area contributed by atoms with E-state index in [2.05, 4.69) is 0 Å². The van der Waals surface area contributed by atoms with Crippen LogP contribution in [-0.4, -0.2) is 11.4 Å². The molecule has 110 valence electrons. The van der Waals surface area contributed by atoms with Gasteiger partial charge in [0.05, 0.1) is 0 Å². The van der Waals surface area contributed by atoms with Crippen LogP contribution in [0, 0.1) is 0 Å². The van der Waals surface area contributed by atoms with Gasteiger partial charge in [0.15, 0.2) is 0 Å². The summed E-state index contributed by atoms with van der Waals surface area (Å²) in [6.45, 7) is 3.78. The molecule has 0 bridgehead atoms. The molecule has 0 heterocycles. The molecule has 0 N–H and O–H groups in total. The quantitative estimate of drug-likeness (QED) is 0.761. The van der Waals surface area contributed by atoms with Crippen molar-refractivity contribution >= 4 is 23.5 Å². The highest BCUT2D eigenvalue weighted by atomic mass is 31.2. The number of carbonyl (C=O) groups excluding carboxylic acids is 1. The highest BCUT2D eigenvalue weighted by Crippen LogP contribution is 2.49. The third-order valence-corrected chi connectivity index (χ3v) is 7.37. The summed E-state index contributed by atoms with van der Waals surface area (Å²) in [5, 5.41) is 1.65. The standard InChI is InChI=1S/C18H21O2P/c1-3-16(19)14-15(2)21(20,17-10-6-4-7-11-17)18-12-8-5-9-13-18/h4-13,15H,3,14H2,1-2H3. The van der Waals surface area contributed by atoms with Gasteiger partial charge in [-0.1, -0.05) is 74.5 Å². The van der Waals surface area contributed by atoms with Crippen molar-refractivity contribution in [3.8, 4) is 0 Å². The third kappa shape index (κ3) is 3.33. The molecular formula is C18H21O2P. The summed E-state index contributed by atoms with van der Waals surface area (Å²) >= 11 is 0. The molecule has 0 radical (unpaired) electrons. The summed E-state index contributed by atoms with van der Waals surface area (Å²) in [4.78, 5) is 11.8. The molecule has 1 unspecified atom stereocenters. The largest absolute Gasteiger partial charge is 0.313 e. The molecule has 0 spiro atoms. The van der Waals surface area contributed by atoms with Crippen molar-refractivity contribution in [3.63, 3.8) is 0 Å². The molecule has 2 rings (SSSR count). The van der Waals surface area contributed by atoms with Crippen LogP contribution in [0.15, 0.2) is 60.7 Å². The molecule has 0 amide bonds. The average molecular weight is 300 g/mol.